The van der Waals surface area contributed by atoms with Gasteiger partial charge in [0.1, 0.15) is 33.6 Å². The highest BCUT2D eigenvalue weighted by Crippen LogP contribution is 2.22. The second-order valence-electron chi connectivity index (χ2n) is 5.82. The Kier molecular flexibility index (Phi) is 5.58. The van der Waals surface area contributed by atoms with Crippen molar-refractivity contribution in [3.05, 3.63) is 63.9 Å². The molecule has 0 aliphatic carbocycles. The average molecular weight is 390 g/mol. The Labute approximate surface area is 147 Å². The molecule has 0 saturated heterocycles. The predicted molar refractivity (Wildman–Crippen MR) is 96.6 cm³/mol. The fourth-order valence-corrected chi connectivity index (χ4v) is 2.80. The molecule has 0 radical (unpaired) electrons. The highest BCUT2D eigenvalue weighted by molar-refractivity contribution is 9.10. The summed E-state index contributed by atoms with van der Waals surface area (Å²) in [6.45, 7) is 5.57. The Morgan fingerprint density at radius 3 is 2.65 bits per heavy atom. The van der Waals surface area contributed by atoms with Gasteiger partial charge >= 0.3 is 0 Å². The minimum atomic E-state index is -1.46. The zero-order chi connectivity index (χ0) is 17.0. The van der Waals surface area contributed by atoms with Crippen molar-refractivity contribution in [3.8, 4) is 6.07 Å². The molecule has 1 aromatic heterocycles. The number of benzene rings is 1. The van der Waals surface area contributed by atoms with E-state index < -0.39 is 16.1 Å². The first kappa shape index (κ1) is 17.7. The van der Waals surface area contributed by atoms with Gasteiger partial charge in [0.25, 0.3) is 0 Å². The monoisotopic (exact) mass is 389 g/mol. The van der Waals surface area contributed by atoms with E-state index in [9.17, 15) is 9.81 Å². The van der Waals surface area contributed by atoms with E-state index in [1.807, 2.05) is 45.0 Å². The number of hydrogen-bond acceptors (Lipinski definition) is 4. The zero-order valence-corrected chi connectivity index (χ0v) is 15.5. The van der Waals surface area contributed by atoms with Crippen LogP contribution in [0.5, 0.6) is 0 Å². The maximum Gasteiger partial charge on any atom is 0.148 e. The first-order chi connectivity index (χ1) is 10.8. The van der Waals surface area contributed by atoms with Crippen LogP contribution in [0.3, 0.4) is 0 Å². The molecule has 0 bridgehead atoms. The summed E-state index contributed by atoms with van der Waals surface area (Å²) in [5, 5.41) is 9.33. The Bertz CT molecular complexity index is 778. The van der Waals surface area contributed by atoms with E-state index in [0.29, 0.717) is 17.0 Å². The minimum Gasteiger partial charge on any atom is -0.591 e. The van der Waals surface area contributed by atoms with E-state index in [4.69, 9.17) is 0 Å². The first-order valence-corrected chi connectivity index (χ1v) is 8.85. The van der Waals surface area contributed by atoms with Gasteiger partial charge < -0.3 is 4.55 Å². The fourth-order valence-electron chi connectivity index (χ4n) is 1.77. The van der Waals surface area contributed by atoms with Gasteiger partial charge in [-0.1, -0.05) is 32.5 Å². The van der Waals surface area contributed by atoms with E-state index in [1.54, 1.807) is 18.3 Å². The standard InChI is InChI=1S/C17H16BrN3OS/c1-17(2,3)23(22)21-16(12-6-4-8-14(18)10-12)15-13(11-19)7-5-9-20-15/h4-10H,1-3H3. The summed E-state index contributed by atoms with van der Waals surface area (Å²) >= 11 is 1.97. The van der Waals surface area contributed by atoms with Crippen LogP contribution in [0.15, 0.2) is 51.5 Å². The summed E-state index contributed by atoms with van der Waals surface area (Å²) in [6, 6.07) is 13.0. The van der Waals surface area contributed by atoms with E-state index in [2.05, 4.69) is 31.4 Å². The molecule has 0 amide bonds. The normalized spacial score (nSPS) is 13.5. The van der Waals surface area contributed by atoms with Crippen molar-refractivity contribution in [2.24, 2.45) is 4.40 Å². The number of pyridine rings is 1. The SMILES string of the molecule is CC(C)(C)[S+]([O-])N=C(c1cccc(Br)c1)c1ncccc1C#N. The lowest BCUT2D eigenvalue weighted by Gasteiger charge is -2.19. The van der Waals surface area contributed by atoms with Gasteiger partial charge in [-0.2, -0.15) is 5.26 Å². The van der Waals surface area contributed by atoms with Crippen molar-refractivity contribution in [3.63, 3.8) is 0 Å². The van der Waals surface area contributed by atoms with Gasteiger partial charge in [0.05, 0.1) is 5.56 Å². The molecule has 0 N–H and O–H groups in total. The number of aromatic nitrogens is 1. The van der Waals surface area contributed by atoms with Crippen LogP contribution in [0, 0.1) is 11.3 Å². The van der Waals surface area contributed by atoms with Crippen LogP contribution in [0.2, 0.25) is 0 Å². The van der Waals surface area contributed by atoms with Crippen molar-refractivity contribution in [2.45, 2.75) is 25.5 Å². The van der Waals surface area contributed by atoms with Crippen LogP contribution >= 0.6 is 15.9 Å². The zero-order valence-electron chi connectivity index (χ0n) is 13.1. The van der Waals surface area contributed by atoms with Gasteiger partial charge in [-0.25, -0.2) is 0 Å². The molecule has 4 nitrogen and oxygen atoms in total. The van der Waals surface area contributed by atoms with Gasteiger partial charge in [0.2, 0.25) is 0 Å². The number of rotatable bonds is 3. The molecule has 6 heteroatoms. The molecule has 0 spiro atoms. The molecule has 118 valence electrons. The third kappa shape index (κ3) is 4.41. The molecule has 0 fully saturated rings. The molecule has 2 aromatic rings. The summed E-state index contributed by atoms with van der Waals surface area (Å²) in [4.78, 5) is 4.29. The summed E-state index contributed by atoms with van der Waals surface area (Å²) in [5.74, 6) is 0. The van der Waals surface area contributed by atoms with Crippen LogP contribution < -0.4 is 0 Å². The van der Waals surface area contributed by atoms with Gasteiger partial charge in [-0.15, -0.1) is 0 Å². The molecule has 1 heterocycles. The number of nitriles is 1. The topological polar surface area (TPSA) is 72.1 Å². The number of halogens is 1. The quantitative estimate of drug-likeness (QED) is 0.587. The highest BCUT2D eigenvalue weighted by Gasteiger charge is 2.28. The smallest absolute Gasteiger partial charge is 0.148 e. The molecule has 1 unspecified atom stereocenters. The maximum absolute atomic E-state index is 12.5. The molecule has 1 aromatic carbocycles. The Balaban J connectivity index is 2.66. The van der Waals surface area contributed by atoms with E-state index in [1.165, 1.54) is 0 Å². The molecule has 0 saturated carbocycles. The predicted octanol–water partition coefficient (Wildman–Crippen LogP) is 4.02. The van der Waals surface area contributed by atoms with Crippen LogP contribution in [-0.4, -0.2) is 20.0 Å². The van der Waals surface area contributed by atoms with Crippen molar-refractivity contribution >= 4 is 33.0 Å². The summed E-state index contributed by atoms with van der Waals surface area (Å²) in [6.07, 6.45) is 1.60. The van der Waals surface area contributed by atoms with Crippen molar-refractivity contribution in [1.82, 2.24) is 4.98 Å². The highest BCUT2D eigenvalue weighted by atomic mass is 79.9. The van der Waals surface area contributed by atoms with Crippen LogP contribution in [0.4, 0.5) is 0 Å². The Hall–Kier alpha value is -1.68. The summed E-state index contributed by atoms with van der Waals surface area (Å²) < 4.78 is 17.3. The van der Waals surface area contributed by atoms with Crippen LogP contribution in [0.1, 0.15) is 37.6 Å². The van der Waals surface area contributed by atoms with E-state index in [0.717, 1.165) is 10.0 Å². The summed E-state index contributed by atoms with van der Waals surface area (Å²) in [5.41, 5.74) is 2.05. The lowest BCUT2D eigenvalue weighted by Crippen LogP contribution is -2.27. The Morgan fingerprint density at radius 1 is 1.30 bits per heavy atom. The fraction of sp³-hybridized carbons (Fsp3) is 0.235. The first-order valence-electron chi connectivity index (χ1n) is 6.95. The molecular weight excluding hydrogens is 374 g/mol. The lowest BCUT2D eigenvalue weighted by atomic mass is 10.0. The molecule has 1 atom stereocenters. The largest absolute Gasteiger partial charge is 0.591 e. The molecule has 2 rings (SSSR count). The van der Waals surface area contributed by atoms with Gasteiger partial charge in [-0.3, -0.25) is 4.98 Å². The van der Waals surface area contributed by atoms with Gasteiger partial charge in [0, 0.05) is 16.2 Å². The minimum absolute atomic E-state index is 0.400. The number of hydrogen-bond donors (Lipinski definition) is 0. The maximum atomic E-state index is 12.5. The molecule has 23 heavy (non-hydrogen) atoms. The average Bonchev–Trinajstić information content (AvgIpc) is 2.51. The van der Waals surface area contributed by atoms with Crippen molar-refractivity contribution in [2.75, 3.05) is 0 Å². The van der Waals surface area contributed by atoms with Crippen molar-refractivity contribution in [1.29, 1.82) is 5.26 Å². The van der Waals surface area contributed by atoms with Crippen LogP contribution in [-0.2, 0) is 11.4 Å². The van der Waals surface area contributed by atoms with Gasteiger partial charge in [-0.05, 0) is 45.0 Å². The lowest BCUT2D eigenvalue weighted by molar-refractivity contribution is 0.561. The van der Waals surface area contributed by atoms with E-state index in [-0.39, 0.29) is 0 Å². The van der Waals surface area contributed by atoms with Crippen LogP contribution in [0.25, 0.3) is 0 Å². The molecule has 0 aliphatic rings. The summed E-state index contributed by atoms with van der Waals surface area (Å²) in [7, 11) is 0. The number of nitrogens with zero attached hydrogens (tertiary/aromatic N) is 3. The molecular formula is C17H16BrN3OS. The van der Waals surface area contributed by atoms with E-state index >= 15 is 0 Å². The van der Waals surface area contributed by atoms with Gasteiger partial charge in [0.15, 0.2) is 0 Å². The third-order valence-electron chi connectivity index (χ3n) is 2.95. The molecule has 0 aliphatic heterocycles. The van der Waals surface area contributed by atoms with Crippen molar-refractivity contribution < 1.29 is 4.55 Å². The second-order valence-corrected chi connectivity index (χ2v) is 8.64. The second kappa shape index (κ2) is 7.26. The Morgan fingerprint density at radius 2 is 2.04 bits per heavy atom. The third-order valence-corrected chi connectivity index (χ3v) is 4.84.